The van der Waals surface area contributed by atoms with Crippen molar-refractivity contribution in [3.63, 3.8) is 0 Å². The summed E-state index contributed by atoms with van der Waals surface area (Å²) < 4.78 is 5.41. The molecular formula is C20H27N3O2. The van der Waals surface area contributed by atoms with Crippen LogP contribution < -0.4 is 9.80 Å². The first-order chi connectivity index (χ1) is 12.3. The Morgan fingerprint density at radius 3 is 2.16 bits per heavy atom. The number of carbonyl (C=O) groups excluding carboxylic acids is 1. The molecule has 3 aliphatic heterocycles. The van der Waals surface area contributed by atoms with Crippen molar-refractivity contribution in [2.45, 2.75) is 25.7 Å². The van der Waals surface area contributed by atoms with E-state index in [4.69, 9.17) is 4.74 Å². The minimum atomic E-state index is 0.124. The normalized spacial score (nSPS) is 22.2. The van der Waals surface area contributed by atoms with Gasteiger partial charge in [0.1, 0.15) is 0 Å². The highest BCUT2D eigenvalue weighted by Crippen LogP contribution is 2.27. The zero-order chi connectivity index (χ0) is 17.1. The average Bonchev–Trinajstić information content (AvgIpc) is 2.70. The van der Waals surface area contributed by atoms with Crippen LogP contribution in [0.2, 0.25) is 0 Å². The minimum Gasteiger partial charge on any atom is -0.378 e. The van der Waals surface area contributed by atoms with Gasteiger partial charge >= 0.3 is 0 Å². The molecule has 5 nitrogen and oxygen atoms in total. The summed E-state index contributed by atoms with van der Waals surface area (Å²) in [7, 11) is 0. The Morgan fingerprint density at radius 1 is 0.760 bits per heavy atom. The first-order valence-corrected chi connectivity index (χ1v) is 9.53. The molecule has 1 aromatic carbocycles. The number of hydrogen-bond acceptors (Lipinski definition) is 4. The summed E-state index contributed by atoms with van der Waals surface area (Å²) in [6, 6.07) is 8.54. The number of rotatable bonds is 3. The lowest BCUT2D eigenvalue weighted by Crippen LogP contribution is -2.45. The summed E-state index contributed by atoms with van der Waals surface area (Å²) in [5.74, 6) is 0.124. The van der Waals surface area contributed by atoms with Gasteiger partial charge in [-0.15, -0.1) is 0 Å². The molecule has 0 aliphatic carbocycles. The third-order valence-electron chi connectivity index (χ3n) is 5.39. The highest BCUT2D eigenvalue weighted by molar-refractivity contribution is 6.06. The van der Waals surface area contributed by atoms with E-state index in [0.29, 0.717) is 13.2 Å². The molecule has 0 bridgehead atoms. The molecule has 1 aromatic rings. The molecule has 0 radical (unpaired) electrons. The first-order valence-electron chi connectivity index (χ1n) is 9.53. The Balaban J connectivity index is 1.47. The van der Waals surface area contributed by atoms with Crippen LogP contribution in [0.4, 0.5) is 11.4 Å². The van der Waals surface area contributed by atoms with Crippen molar-refractivity contribution >= 4 is 17.3 Å². The molecule has 0 N–H and O–H groups in total. The SMILES string of the molecule is O=C1C(N2CCOCC2)=CCCN1c1ccc(N2CCCCC2)cc1. The summed E-state index contributed by atoms with van der Waals surface area (Å²) in [4.78, 5) is 19.5. The Hall–Kier alpha value is -2.01. The van der Waals surface area contributed by atoms with E-state index < -0.39 is 0 Å². The Labute approximate surface area is 149 Å². The van der Waals surface area contributed by atoms with Gasteiger partial charge in [-0.05, 0) is 49.9 Å². The smallest absolute Gasteiger partial charge is 0.274 e. The number of piperidine rings is 1. The fourth-order valence-electron chi connectivity index (χ4n) is 3.97. The number of ether oxygens (including phenoxy) is 1. The van der Waals surface area contributed by atoms with Crippen molar-refractivity contribution in [3.05, 3.63) is 36.0 Å². The molecule has 3 heterocycles. The van der Waals surface area contributed by atoms with Gasteiger partial charge in [0.2, 0.25) is 0 Å². The maximum Gasteiger partial charge on any atom is 0.274 e. The van der Waals surface area contributed by atoms with E-state index in [1.54, 1.807) is 0 Å². The van der Waals surface area contributed by atoms with Gasteiger partial charge in [0.15, 0.2) is 0 Å². The third-order valence-corrected chi connectivity index (χ3v) is 5.39. The quantitative estimate of drug-likeness (QED) is 0.847. The first kappa shape index (κ1) is 16.5. The van der Waals surface area contributed by atoms with E-state index >= 15 is 0 Å². The van der Waals surface area contributed by atoms with Crippen LogP contribution in [-0.4, -0.2) is 56.7 Å². The van der Waals surface area contributed by atoms with E-state index in [9.17, 15) is 4.79 Å². The predicted octanol–water partition coefficient (Wildman–Crippen LogP) is 2.63. The van der Waals surface area contributed by atoms with Gasteiger partial charge in [0.25, 0.3) is 5.91 Å². The van der Waals surface area contributed by atoms with Crippen molar-refractivity contribution in [3.8, 4) is 0 Å². The van der Waals surface area contributed by atoms with Gasteiger partial charge in [0.05, 0.1) is 18.9 Å². The van der Waals surface area contributed by atoms with Crippen molar-refractivity contribution in [1.82, 2.24) is 4.90 Å². The lowest BCUT2D eigenvalue weighted by molar-refractivity contribution is -0.117. The van der Waals surface area contributed by atoms with Crippen molar-refractivity contribution in [1.29, 1.82) is 0 Å². The molecule has 5 heteroatoms. The number of carbonyl (C=O) groups is 1. The highest BCUT2D eigenvalue weighted by atomic mass is 16.5. The second-order valence-corrected chi connectivity index (χ2v) is 7.00. The van der Waals surface area contributed by atoms with Crippen LogP contribution in [0.3, 0.4) is 0 Å². The Kier molecular flexibility index (Phi) is 4.92. The van der Waals surface area contributed by atoms with Gasteiger partial charge < -0.3 is 19.4 Å². The summed E-state index contributed by atoms with van der Waals surface area (Å²) >= 11 is 0. The predicted molar refractivity (Wildman–Crippen MR) is 100.0 cm³/mol. The number of hydrogen-bond donors (Lipinski definition) is 0. The van der Waals surface area contributed by atoms with E-state index in [0.717, 1.165) is 50.5 Å². The summed E-state index contributed by atoms with van der Waals surface area (Å²) in [6.45, 7) is 6.07. The molecule has 0 unspecified atom stereocenters. The third kappa shape index (κ3) is 3.52. The Morgan fingerprint density at radius 2 is 1.44 bits per heavy atom. The summed E-state index contributed by atoms with van der Waals surface area (Å²) in [5, 5.41) is 0. The second kappa shape index (κ2) is 7.48. The van der Waals surface area contributed by atoms with Crippen LogP contribution in [0, 0.1) is 0 Å². The molecule has 0 aromatic heterocycles. The van der Waals surface area contributed by atoms with Crippen LogP contribution in [0.5, 0.6) is 0 Å². The lowest BCUT2D eigenvalue weighted by atomic mass is 10.1. The van der Waals surface area contributed by atoms with Crippen LogP contribution in [-0.2, 0) is 9.53 Å². The van der Waals surface area contributed by atoms with Crippen molar-refractivity contribution in [2.75, 3.05) is 55.7 Å². The van der Waals surface area contributed by atoms with Gasteiger partial charge in [0, 0.05) is 44.1 Å². The van der Waals surface area contributed by atoms with Crippen molar-refractivity contribution in [2.24, 2.45) is 0 Å². The summed E-state index contributed by atoms with van der Waals surface area (Å²) in [6.07, 6.45) is 6.90. The maximum absolute atomic E-state index is 13.0. The molecule has 3 aliphatic rings. The molecule has 134 valence electrons. The number of amides is 1. The minimum absolute atomic E-state index is 0.124. The van der Waals surface area contributed by atoms with E-state index in [2.05, 4.69) is 40.1 Å². The largest absolute Gasteiger partial charge is 0.378 e. The molecule has 25 heavy (non-hydrogen) atoms. The number of anilines is 2. The van der Waals surface area contributed by atoms with E-state index in [-0.39, 0.29) is 5.91 Å². The fourth-order valence-corrected chi connectivity index (χ4v) is 3.97. The summed E-state index contributed by atoms with van der Waals surface area (Å²) in [5.41, 5.74) is 3.12. The van der Waals surface area contributed by atoms with Crippen LogP contribution in [0.15, 0.2) is 36.0 Å². The monoisotopic (exact) mass is 341 g/mol. The number of benzene rings is 1. The van der Waals surface area contributed by atoms with Gasteiger partial charge in [-0.25, -0.2) is 0 Å². The molecule has 0 atom stereocenters. The molecule has 2 saturated heterocycles. The zero-order valence-corrected chi connectivity index (χ0v) is 14.8. The highest BCUT2D eigenvalue weighted by Gasteiger charge is 2.28. The standard InChI is InChI=1S/C20H27N3O2/c24-20-19(22-13-15-25-16-14-22)5-4-12-23(20)18-8-6-17(7-9-18)21-10-2-1-3-11-21/h5-9H,1-4,10-16H2. The molecule has 4 rings (SSSR count). The van der Waals surface area contributed by atoms with Crippen molar-refractivity contribution < 1.29 is 9.53 Å². The Bertz CT molecular complexity index is 629. The maximum atomic E-state index is 13.0. The molecule has 0 spiro atoms. The van der Waals surface area contributed by atoms with Gasteiger partial charge in [-0.3, -0.25) is 4.79 Å². The fraction of sp³-hybridized carbons (Fsp3) is 0.550. The van der Waals surface area contributed by atoms with Gasteiger partial charge in [-0.1, -0.05) is 6.08 Å². The molecule has 2 fully saturated rings. The molecule has 1 amide bonds. The lowest BCUT2D eigenvalue weighted by Gasteiger charge is -2.36. The van der Waals surface area contributed by atoms with Crippen LogP contribution >= 0.6 is 0 Å². The average molecular weight is 341 g/mol. The van der Waals surface area contributed by atoms with E-state index in [1.165, 1.54) is 24.9 Å². The molecular weight excluding hydrogens is 314 g/mol. The van der Waals surface area contributed by atoms with Gasteiger partial charge in [-0.2, -0.15) is 0 Å². The second-order valence-electron chi connectivity index (χ2n) is 7.00. The zero-order valence-electron chi connectivity index (χ0n) is 14.8. The van der Waals surface area contributed by atoms with Crippen LogP contribution in [0.25, 0.3) is 0 Å². The number of nitrogens with zero attached hydrogens (tertiary/aromatic N) is 3. The topological polar surface area (TPSA) is 36.0 Å². The van der Waals surface area contributed by atoms with Crippen LogP contribution in [0.1, 0.15) is 25.7 Å². The van der Waals surface area contributed by atoms with E-state index in [1.807, 2.05) is 4.90 Å². The molecule has 0 saturated carbocycles. The number of morpholine rings is 1.